The first-order valence-corrected chi connectivity index (χ1v) is 8.07. The van der Waals surface area contributed by atoms with Gasteiger partial charge in [-0.1, -0.05) is 29.8 Å². The average molecular weight is 313 g/mol. The van der Waals surface area contributed by atoms with Crippen LogP contribution in [0.3, 0.4) is 0 Å². The first-order valence-electron chi connectivity index (χ1n) is 8.07. The van der Waals surface area contributed by atoms with Crippen LogP contribution in [-0.4, -0.2) is 36.0 Å². The lowest BCUT2D eigenvalue weighted by molar-refractivity contribution is 0.191. The van der Waals surface area contributed by atoms with Crippen molar-refractivity contribution in [3.8, 4) is 11.5 Å². The number of benzene rings is 2. The number of phenolic OH excluding ortho intramolecular Hbond substituents is 1. The van der Waals surface area contributed by atoms with E-state index in [1.165, 1.54) is 11.1 Å². The summed E-state index contributed by atoms with van der Waals surface area (Å²) in [6, 6.07) is 13.7. The van der Waals surface area contributed by atoms with E-state index < -0.39 is 0 Å². The molecule has 2 N–H and O–H groups in total. The Hall–Kier alpha value is -2.20. The van der Waals surface area contributed by atoms with Gasteiger partial charge in [0.25, 0.3) is 0 Å². The van der Waals surface area contributed by atoms with Crippen LogP contribution < -0.4 is 9.64 Å². The maximum Gasteiger partial charge on any atom is 0.143 e. The van der Waals surface area contributed by atoms with Gasteiger partial charge in [0.05, 0.1) is 12.2 Å². The third-order valence-electron chi connectivity index (χ3n) is 4.17. The van der Waals surface area contributed by atoms with Gasteiger partial charge in [0.2, 0.25) is 0 Å². The number of hydrogen-bond acceptors (Lipinski definition) is 4. The molecule has 3 rings (SSSR count). The molecule has 0 radical (unpaired) electrons. The van der Waals surface area contributed by atoms with Gasteiger partial charge >= 0.3 is 0 Å². The van der Waals surface area contributed by atoms with Gasteiger partial charge in [-0.3, -0.25) is 0 Å². The molecule has 1 aliphatic heterocycles. The quantitative estimate of drug-likeness (QED) is 0.891. The molecule has 1 atom stereocenters. The first-order chi connectivity index (χ1) is 11.2. The minimum Gasteiger partial charge on any atom is -0.508 e. The summed E-state index contributed by atoms with van der Waals surface area (Å²) in [6.45, 7) is 3.75. The van der Waals surface area contributed by atoms with Crippen molar-refractivity contribution in [2.45, 2.75) is 25.9 Å². The molecule has 2 aromatic rings. The highest BCUT2D eigenvalue weighted by Crippen LogP contribution is 2.36. The Balaban J connectivity index is 1.78. The van der Waals surface area contributed by atoms with E-state index in [0.717, 1.165) is 30.9 Å². The maximum absolute atomic E-state index is 9.73. The van der Waals surface area contributed by atoms with E-state index in [1.54, 1.807) is 12.1 Å². The van der Waals surface area contributed by atoms with Crippen LogP contribution in [0.4, 0.5) is 5.69 Å². The van der Waals surface area contributed by atoms with E-state index in [1.807, 2.05) is 6.07 Å². The number of aliphatic hydroxyl groups excluding tert-OH is 1. The van der Waals surface area contributed by atoms with Crippen LogP contribution in [-0.2, 0) is 6.42 Å². The lowest BCUT2D eigenvalue weighted by atomic mass is 10.0. The van der Waals surface area contributed by atoms with Gasteiger partial charge < -0.3 is 19.8 Å². The summed E-state index contributed by atoms with van der Waals surface area (Å²) < 4.78 is 6.12. The molecule has 1 aliphatic rings. The number of fused-ring (bicyclic) bond motifs is 1. The molecule has 0 saturated heterocycles. The Kier molecular flexibility index (Phi) is 4.72. The summed E-state index contributed by atoms with van der Waals surface area (Å²) in [5.74, 6) is 1.03. The van der Waals surface area contributed by atoms with Crippen LogP contribution in [0, 0.1) is 6.92 Å². The van der Waals surface area contributed by atoms with Crippen LogP contribution in [0.1, 0.15) is 17.5 Å². The first kappa shape index (κ1) is 15.7. The second-order valence-corrected chi connectivity index (χ2v) is 6.10. The molecule has 4 heteroatoms. The fraction of sp³-hybridized carbons (Fsp3) is 0.368. The van der Waals surface area contributed by atoms with Gasteiger partial charge in [-0.25, -0.2) is 0 Å². The van der Waals surface area contributed by atoms with Crippen molar-refractivity contribution in [1.82, 2.24) is 0 Å². The number of phenols is 1. The molecule has 0 bridgehead atoms. The van der Waals surface area contributed by atoms with Crippen LogP contribution in [0.5, 0.6) is 11.5 Å². The van der Waals surface area contributed by atoms with Gasteiger partial charge in [-0.15, -0.1) is 0 Å². The molecule has 23 heavy (non-hydrogen) atoms. The predicted molar refractivity (Wildman–Crippen MR) is 91.3 cm³/mol. The van der Waals surface area contributed by atoms with Crippen LogP contribution in [0.15, 0.2) is 42.5 Å². The largest absolute Gasteiger partial charge is 0.508 e. The molecule has 0 saturated carbocycles. The van der Waals surface area contributed by atoms with Gasteiger partial charge in [0.1, 0.15) is 17.6 Å². The lowest BCUT2D eigenvalue weighted by Gasteiger charge is -2.36. The van der Waals surface area contributed by atoms with Gasteiger partial charge in [0, 0.05) is 25.6 Å². The predicted octanol–water partition coefficient (Wildman–Crippen LogP) is 2.89. The minimum absolute atomic E-state index is 0.0634. The molecule has 0 aliphatic carbocycles. The maximum atomic E-state index is 9.73. The number of anilines is 1. The Labute approximate surface area is 136 Å². The highest BCUT2D eigenvalue weighted by Gasteiger charge is 2.26. The average Bonchev–Trinajstić information content (AvgIpc) is 2.55. The molecule has 122 valence electrons. The van der Waals surface area contributed by atoms with E-state index in [-0.39, 0.29) is 18.5 Å². The molecule has 1 heterocycles. The summed E-state index contributed by atoms with van der Waals surface area (Å²) in [4.78, 5) is 2.19. The summed E-state index contributed by atoms with van der Waals surface area (Å²) in [7, 11) is 0. The second-order valence-electron chi connectivity index (χ2n) is 6.10. The zero-order valence-corrected chi connectivity index (χ0v) is 13.4. The molecule has 0 aromatic heterocycles. The van der Waals surface area contributed by atoms with Crippen LogP contribution >= 0.6 is 0 Å². The Morgan fingerprint density at radius 3 is 2.70 bits per heavy atom. The standard InChI is InChI=1S/C19H23NO3/c1-14-3-5-15(6-4-14)11-17-13-20(9-2-10-21)18-12-16(22)7-8-19(18)23-17/h3-8,12,17,21-22H,2,9-11,13H2,1H3. The third-order valence-corrected chi connectivity index (χ3v) is 4.17. The van der Waals surface area contributed by atoms with Gasteiger partial charge in [-0.2, -0.15) is 0 Å². The number of hydrogen-bond donors (Lipinski definition) is 2. The van der Waals surface area contributed by atoms with E-state index in [0.29, 0.717) is 6.42 Å². The number of aromatic hydroxyl groups is 1. The number of aryl methyl sites for hydroxylation is 1. The lowest BCUT2D eigenvalue weighted by Crippen LogP contribution is -2.41. The monoisotopic (exact) mass is 313 g/mol. The van der Waals surface area contributed by atoms with Crippen molar-refractivity contribution in [2.75, 3.05) is 24.6 Å². The van der Waals surface area contributed by atoms with Crippen molar-refractivity contribution in [2.24, 2.45) is 0 Å². The van der Waals surface area contributed by atoms with Crippen molar-refractivity contribution in [3.63, 3.8) is 0 Å². The van der Waals surface area contributed by atoms with Crippen molar-refractivity contribution in [3.05, 3.63) is 53.6 Å². The van der Waals surface area contributed by atoms with E-state index in [4.69, 9.17) is 9.84 Å². The summed E-state index contributed by atoms with van der Waals surface area (Å²) in [6.07, 6.45) is 1.61. The normalized spacial score (nSPS) is 16.8. The highest BCUT2D eigenvalue weighted by atomic mass is 16.5. The van der Waals surface area contributed by atoms with Crippen molar-refractivity contribution in [1.29, 1.82) is 0 Å². The summed E-state index contributed by atoms with van der Waals surface area (Å²) in [5.41, 5.74) is 3.41. The van der Waals surface area contributed by atoms with E-state index in [2.05, 4.69) is 36.1 Å². The molecule has 0 amide bonds. The fourth-order valence-electron chi connectivity index (χ4n) is 2.98. The van der Waals surface area contributed by atoms with Crippen molar-refractivity contribution >= 4 is 5.69 Å². The summed E-state index contributed by atoms with van der Waals surface area (Å²) in [5, 5.41) is 18.8. The molecule has 0 spiro atoms. The molecule has 0 fully saturated rings. The molecule has 2 aromatic carbocycles. The Morgan fingerprint density at radius 1 is 1.17 bits per heavy atom. The minimum atomic E-state index is 0.0634. The molecule has 1 unspecified atom stereocenters. The molecular weight excluding hydrogens is 290 g/mol. The Bertz CT molecular complexity index is 654. The highest BCUT2D eigenvalue weighted by molar-refractivity contribution is 5.63. The molecular formula is C19H23NO3. The number of ether oxygens (including phenoxy) is 1. The number of rotatable bonds is 5. The summed E-state index contributed by atoms with van der Waals surface area (Å²) >= 11 is 0. The topological polar surface area (TPSA) is 52.9 Å². The number of nitrogens with zero attached hydrogens (tertiary/aromatic N) is 1. The zero-order chi connectivity index (χ0) is 16.2. The van der Waals surface area contributed by atoms with Gasteiger partial charge in [-0.05, 0) is 31.0 Å². The fourth-order valence-corrected chi connectivity index (χ4v) is 2.98. The number of aliphatic hydroxyl groups is 1. The van der Waals surface area contributed by atoms with E-state index >= 15 is 0 Å². The van der Waals surface area contributed by atoms with Gasteiger partial charge in [0.15, 0.2) is 0 Å². The van der Waals surface area contributed by atoms with Crippen LogP contribution in [0.2, 0.25) is 0 Å². The third kappa shape index (κ3) is 3.77. The van der Waals surface area contributed by atoms with E-state index in [9.17, 15) is 5.11 Å². The van der Waals surface area contributed by atoms with Crippen LogP contribution in [0.25, 0.3) is 0 Å². The second kappa shape index (κ2) is 6.92. The molecule has 4 nitrogen and oxygen atoms in total. The smallest absolute Gasteiger partial charge is 0.143 e. The zero-order valence-electron chi connectivity index (χ0n) is 13.4. The SMILES string of the molecule is Cc1ccc(CC2CN(CCCO)c3cc(O)ccc3O2)cc1. The van der Waals surface area contributed by atoms with Crippen molar-refractivity contribution < 1.29 is 14.9 Å². The Morgan fingerprint density at radius 2 is 1.96 bits per heavy atom.